The van der Waals surface area contributed by atoms with Crippen molar-refractivity contribution in [1.82, 2.24) is 19.5 Å². The average molecular weight is 411 g/mol. The van der Waals surface area contributed by atoms with Crippen molar-refractivity contribution in [2.24, 2.45) is 0 Å². The summed E-state index contributed by atoms with van der Waals surface area (Å²) in [7, 11) is 0. The van der Waals surface area contributed by atoms with Gasteiger partial charge in [-0.1, -0.05) is 18.2 Å². The van der Waals surface area contributed by atoms with Crippen LogP contribution < -0.4 is 15.2 Å². The fourth-order valence-corrected chi connectivity index (χ4v) is 4.18. The molecule has 0 bridgehead atoms. The van der Waals surface area contributed by atoms with Gasteiger partial charge in [-0.2, -0.15) is 9.97 Å². The van der Waals surface area contributed by atoms with Crippen molar-refractivity contribution in [3.63, 3.8) is 0 Å². The molecule has 1 aliphatic carbocycles. The van der Waals surface area contributed by atoms with Crippen LogP contribution in [0.2, 0.25) is 0 Å². The van der Waals surface area contributed by atoms with Crippen molar-refractivity contribution < 1.29 is 19.3 Å². The predicted octanol–water partition coefficient (Wildman–Crippen LogP) is 2.46. The van der Waals surface area contributed by atoms with E-state index in [1.165, 1.54) is 0 Å². The number of fused-ring (bicyclic) bond motifs is 1. The number of aliphatic hydroxyl groups excluding tert-OH is 1. The summed E-state index contributed by atoms with van der Waals surface area (Å²) in [6.07, 6.45) is 3.41. The number of aromatic nitrogens is 4. The Balaban J connectivity index is 1.43. The minimum atomic E-state index is -0.923. The smallest absolute Gasteiger partial charge is 0.320 e. The maximum absolute atomic E-state index is 11.0. The van der Waals surface area contributed by atoms with E-state index in [-0.39, 0.29) is 24.0 Å². The summed E-state index contributed by atoms with van der Waals surface area (Å²) in [4.78, 5) is 13.1. The van der Waals surface area contributed by atoms with E-state index >= 15 is 0 Å². The molecule has 0 amide bonds. The van der Waals surface area contributed by atoms with Gasteiger partial charge in [-0.25, -0.2) is 4.98 Å². The number of nitrogen functional groups attached to an aromatic ring is 1. The molecule has 3 aromatic rings. The zero-order valence-corrected chi connectivity index (χ0v) is 16.7. The molecule has 0 spiro atoms. The molecule has 9 heteroatoms. The number of anilines is 1. The van der Waals surface area contributed by atoms with E-state index in [4.69, 9.17) is 19.9 Å². The number of ether oxygens (including phenoxy) is 3. The van der Waals surface area contributed by atoms with Crippen molar-refractivity contribution in [3.8, 4) is 11.8 Å². The minimum absolute atomic E-state index is 0.107. The molecule has 9 nitrogen and oxygen atoms in total. The van der Waals surface area contributed by atoms with Crippen LogP contribution in [0.25, 0.3) is 11.2 Å². The Bertz CT molecular complexity index is 1020. The number of aliphatic hydroxyl groups is 1. The average Bonchev–Trinajstić information content (AvgIpc) is 3.45. The first-order valence-electron chi connectivity index (χ1n) is 10.3. The fraction of sp³-hybridized carbons (Fsp3) is 0.476. The monoisotopic (exact) mass is 411 g/mol. The summed E-state index contributed by atoms with van der Waals surface area (Å²) in [6, 6.07) is 9.60. The van der Waals surface area contributed by atoms with E-state index < -0.39 is 18.4 Å². The highest BCUT2D eigenvalue weighted by molar-refractivity contribution is 5.82. The molecule has 2 aliphatic rings. The zero-order valence-electron chi connectivity index (χ0n) is 16.7. The normalized spacial score (nSPS) is 27.0. The molecule has 0 radical (unpaired) electrons. The van der Waals surface area contributed by atoms with Crippen LogP contribution in [-0.4, -0.2) is 49.0 Å². The molecule has 3 heterocycles. The lowest BCUT2D eigenvalue weighted by Crippen LogP contribution is -2.35. The topological polar surface area (TPSA) is 118 Å². The number of para-hydroxylation sites is 1. The predicted molar refractivity (Wildman–Crippen MR) is 109 cm³/mol. The van der Waals surface area contributed by atoms with Gasteiger partial charge in [0.2, 0.25) is 0 Å². The lowest BCUT2D eigenvalue weighted by Gasteiger charge is -2.20. The first kappa shape index (κ1) is 19.1. The summed E-state index contributed by atoms with van der Waals surface area (Å²) >= 11 is 0. The highest BCUT2D eigenvalue weighted by Gasteiger charge is 2.45. The molecule has 2 aromatic heterocycles. The van der Waals surface area contributed by atoms with Crippen molar-refractivity contribution in [3.05, 3.63) is 36.7 Å². The zero-order chi connectivity index (χ0) is 20.7. The van der Waals surface area contributed by atoms with Crippen molar-refractivity contribution in [1.29, 1.82) is 0 Å². The van der Waals surface area contributed by atoms with Gasteiger partial charge in [0.15, 0.2) is 29.3 Å². The van der Waals surface area contributed by atoms with Crippen molar-refractivity contribution >= 4 is 17.0 Å². The van der Waals surface area contributed by atoms with Gasteiger partial charge >= 0.3 is 6.01 Å². The van der Waals surface area contributed by atoms with Crippen LogP contribution in [0.3, 0.4) is 0 Å². The Labute approximate surface area is 173 Å². The van der Waals surface area contributed by atoms with Crippen LogP contribution in [0.5, 0.6) is 11.8 Å². The van der Waals surface area contributed by atoms with Gasteiger partial charge in [0.25, 0.3) is 0 Å². The van der Waals surface area contributed by atoms with E-state index in [1.807, 2.05) is 37.3 Å². The summed E-state index contributed by atoms with van der Waals surface area (Å²) < 4.78 is 19.6. The van der Waals surface area contributed by atoms with Crippen LogP contribution in [0.1, 0.15) is 38.8 Å². The Hall–Kier alpha value is -2.91. The van der Waals surface area contributed by atoms with E-state index in [1.54, 1.807) is 10.9 Å². The first-order valence-corrected chi connectivity index (χ1v) is 10.3. The van der Waals surface area contributed by atoms with Crippen LogP contribution >= 0.6 is 0 Å². The molecule has 1 aliphatic heterocycles. The lowest BCUT2D eigenvalue weighted by molar-refractivity contribution is -0.0299. The molecule has 5 rings (SSSR count). The molecule has 158 valence electrons. The Kier molecular flexibility index (Phi) is 4.92. The largest absolute Gasteiger partial charge is 0.485 e. The Morgan fingerprint density at radius 3 is 2.67 bits per heavy atom. The summed E-state index contributed by atoms with van der Waals surface area (Å²) in [5.74, 6) is 0.913. The van der Waals surface area contributed by atoms with Crippen LogP contribution in [0.4, 0.5) is 5.82 Å². The van der Waals surface area contributed by atoms with Gasteiger partial charge in [0.1, 0.15) is 18.0 Å². The number of rotatable bonds is 5. The molecule has 2 fully saturated rings. The maximum atomic E-state index is 11.0. The van der Waals surface area contributed by atoms with Gasteiger partial charge < -0.3 is 25.1 Å². The number of nitrogens with two attached hydrogens (primary N) is 1. The molecule has 4 atom stereocenters. The Morgan fingerprint density at radius 2 is 1.90 bits per heavy atom. The fourth-order valence-electron chi connectivity index (χ4n) is 4.18. The highest BCUT2D eigenvalue weighted by atomic mass is 16.6. The second-order valence-corrected chi connectivity index (χ2v) is 7.86. The second kappa shape index (κ2) is 7.73. The maximum Gasteiger partial charge on any atom is 0.320 e. The molecule has 3 N–H and O–H groups in total. The van der Waals surface area contributed by atoms with Crippen LogP contribution in [0.15, 0.2) is 36.7 Å². The van der Waals surface area contributed by atoms with Crippen molar-refractivity contribution in [2.45, 2.75) is 63.3 Å². The number of nitrogens with zero attached hydrogens (tertiary/aromatic N) is 4. The van der Waals surface area contributed by atoms with E-state index in [2.05, 4.69) is 15.0 Å². The lowest BCUT2D eigenvalue weighted by atomic mass is 10.1. The quantitative estimate of drug-likeness (QED) is 0.657. The number of hydrogen-bond acceptors (Lipinski definition) is 8. The van der Waals surface area contributed by atoms with Gasteiger partial charge in [-0.3, -0.25) is 4.57 Å². The first-order chi connectivity index (χ1) is 14.6. The minimum Gasteiger partial charge on any atom is -0.485 e. The van der Waals surface area contributed by atoms with Gasteiger partial charge in [0, 0.05) is 0 Å². The third kappa shape index (κ3) is 3.44. The van der Waals surface area contributed by atoms with E-state index in [0.29, 0.717) is 16.9 Å². The van der Waals surface area contributed by atoms with Gasteiger partial charge in [-0.05, 0) is 44.7 Å². The highest BCUT2D eigenvalue weighted by Crippen LogP contribution is 2.35. The second-order valence-electron chi connectivity index (χ2n) is 7.86. The van der Waals surface area contributed by atoms with E-state index in [0.717, 1.165) is 25.7 Å². The summed E-state index contributed by atoms with van der Waals surface area (Å²) in [5, 5.41) is 11.0. The van der Waals surface area contributed by atoms with Gasteiger partial charge in [0.05, 0.1) is 12.4 Å². The van der Waals surface area contributed by atoms with Gasteiger partial charge in [-0.15, -0.1) is 0 Å². The van der Waals surface area contributed by atoms with E-state index in [9.17, 15) is 5.11 Å². The molecule has 30 heavy (non-hydrogen) atoms. The number of imidazole rings is 1. The molecule has 1 aromatic carbocycles. The third-order valence-corrected chi connectivity index (χ3v) is 5.74. The van der Waals surface area contributed by atoms with Crippen LogP contribution in [-0.2, 0) is 4.74 Å². The molecular formula is C21H25N5O4. The SMILES string of the molecule is C[C@H]1O[C@@H](n2cnc3c(N)nc(OC4CCCC4)nc32)[C@H](O)[C@@H]1Oc1ccccc1. The summed E-state index contributed by atoms with van der Waals surface area (Å²) in [5.41, 5.74) is 7.01. The summed E-state index contributed by atoms with van der Waals surface area (Å²) in [6.45, 7) is 1.87. The molecular weight excluding hydrogens is 386 g/mol. The number of benzene rings is 1. The third-order valence-electron chi connectivity index (χ3n) is 5.74. The standard InChI is InChI=1S/C21H25N5O4/c1-12-17(29-13-7-3-2-4-8-13)16(27)20(28-12)26-11-23-15-18(22)24-21(25-19(15)26)30-14-9-5-6-10-14/h2-4,7-8,11-12,14,16-17,20,27H,5-6,9-10H2,1H3,(H2,22,24,25)/t12-,16-,17-,20-/m1/s1. The Morgan fingerprint density at radius 1 is 1.13 bits per heavy atom. The van der Waals surface area contributed by atoms with Crippen LogP contribution in [0, 0.1) is 0 Å². The molecule has 1 saturated heterocycles. The number of hydrogen-bond donors (Lipinski definition) is 2. The van der Waals surface area contributed by atoms with Crippen molar-refractivity contribution in [2.75, 3.05) is 5.73 Å². The molecule has 0 unspecified atom stereocenters. The molecule has 1 saturated carbocycles.